The SMILES string of the molecule is O=C(N[C@@H]1CN[C@H](C(=O)NCCN(Cc2ccccc2B(O)O)Cc2c3ccccc3cc3ccccc23)C1)OCC1c2ccccc2-c2ccccc21. The lowest BCUT2D eigenvalue weighted by Gasteiger charge is -2.26. The van der Waals surface area contributed by atoms with Crippen LogP contribution in [0.1, 0.15) is 34.6 Å². The third-order valence-electron chi connectivity index (χ3n) is 10.8. The molecule has 54 heavy (non-hydrogen) atoms. The van der Waals surface area contributed by atoms with Crippen LogP contribution in [0.4, 0.5) is 4.79 Å². The Hall–Kier alpha value is -5.52. The quantitative estimate of drug-likeness (QED) is 0.0886. The Morgan fingerprint density at radius 1 is 0.778 bits per heavy atom. The molecule has 6 aromatic rings. The molecule has 0 saturated carbocycles. The van der Waals surface area contributed by atoms with Crippen LogP contribution in [0.3, 0.4) is 0 Å². The van der Waals surface area contributed by atoms with Crippen molar-refractivity contribution in [1.29, 1.82) is 0 Å². The molecule has 6 aromatic carbocycles. The summed E-state index contributed by atoms with van der Waals surface area (Å²) in [6.45, 7) is 2.64. The Labute approximate surface area is 315 Å². The molecular formula is C44H43BN4O5. The van der Waals surface area contributed by atoms with Gasteiger partial charge in [0.15, 0.2) is 0 Å². The number of nitrogens with one attached hydrogen (secondary N) is 3. The summed E-state index contributed by atoms with van der Waals surface area (Å²) in [6.07, 6.45) is -0.0432. The Morgan fingerprint density at radius 3 is 2.07 bits per heavy atom. The van der Waals surface area contributed by atoms with Crippen LogP contribution in [0, 0.1) is 0 Å². The van der Waals surface area contributed by atoms with E-state index in [2.05, 4.69) is 75.4 Å². The second-order valence-electron chi connectivity index (χ2n) is 14.2. The molecule has 2 amide bonds. The topological polar surface area (TPSA) is 123 Å². The van der Waals surface area contributed by atoms with Crippen LogP contribution in [0.5, 0.6) is 0 Å². The van der Waals surface area contributed by atoms with E-state index < -0.39 is 19.3 Å². The number of benzene rings is 6. The summed E-state index contributed by atoms with van der Waals surface area (Å²) < 4.78 is 5.75. The number of amides is 2. The third kappa shape index (κ3) is 7.47. The number of nitrogens with zero attached hydrogens (tertiary/aromatic N) is 1. The lowest BCUT2D eigenvalue weighted by Crippen LogP contribution is -2.43. The highest BCUT2D eigenvalue weighted by Gasteiger charge is 2.32. The molecule has 2 atom stereocenters. The van der Waals surface area contributed by atoms with E-state index in [9.17, 15) is 19.6 Å². The van der Waals surface area contributed by atoms with E-state index in [0.717, 1.165) is 38.2 Å². The molecular weight excluding hydrogens is 675 g/mol. The zero-order valence-electron chi connectivity index (χ0n) is 29.9. The van der Waals surface area contributed by atoms with Gasteiger partial charge in [0.05, 0.1) is 6.04 Å². The fourth-order valence-corrected chi connectivity index (χ4v) is 8.20. The predicted octanol–water partition coefficient (Wildman–Crippen LogP) is 5.06. The largest absolute Gasteiger partial charge is 0.488 e. The number of carbonyl (C=O) groups excluding carboxylic acids is 2. The predicted molar refractivity (Wildman–Crippen MR) is 213 cm³/mol. The van der Waals surface area contributed by atoms with Crippen molar-refractivity contribution in [1.82, 2.24) is 20.9 Å². The van der Waals surface area contributed by atoms with Gasteiger partial charge in [0.1, 0.15) is 6.61 Å². The average molecular weight is 719 g/mol. The molecule has 10 heteroatoms. The number of hydrogen-bond acceptors (Lipinski definition) is 7. The lowest BCUT2D eigenvalue weighted by atomic mass is 9.77. The van der Waals surface area contributed by atoms with Crippen molar-refractivity contribution in [2.75, 3.05) is 26.2 Å². The first kappa shape index (κ1) is 35.5. The molecule has 0 unspecified atom stereocenters. The monoisotopic (exact) mass is 718 g/mol. The normalized spacial score (nSPS) is 16.4. The van der Waals surface area contributed by atoms with Crippen LogP contribution in [-0.2, 0) is 22.6 Å². The van der Waals surface area contributed by atoms with E-state index in [1.165, 1.54) is 16.7 Å². The Morgan fingerprint density at radius 2 is 1.39 bits per heavy atom. The molecule has 0 radical (unpaired) electrons. The highest BCUT2D eigenvalue weighted by molar-refractivity contribution is 6.59. The van der Waals surface area contributed by atoms with Crippen LogP contribution in [-0.4, -0.2) is 72.4 Å². The fraction of sp³-hybridized carbons (Fsp3) is 0.227. The summed E-state index contributed by atoms with van der Waals surface area (Å²) in [4.78, 5) is 28.6. The van der Waals surface area contributed by atoms with Gasteiger partial charge in [-0.2, -0.15) is 0 Å². The van der Waals surface area contributed by atoms with Crippen LogP contribution >= 0.6 is 0 Å². The molecule has 1 heterocycles. The minimum absolute atomic E-state index is 0.0236. The summed E-state index contributed by atoms with van der Waals surface area (Å²) in [6, 6.07) is 42.0. The van der Waals surface area contributed by atoms with Gasteiger partial charge in [0.25, 0.3) is 0 Å². The first-order valence-electron chi connectivity index (χ1n) is 18.6. The Kier molecular flexibility index (Phi) is 10.4. The van der Waals surface area contributed by atoms with Gasteiger partial charge in [-0.05, 0) is 72.9 Å². The zero-order chi connectivity index (χ0) is 37.0. The summed E-state index contributed by atoms with van der Waals surface area (Å²) in [5.41, 5.74) is 7.11. The van der Waals surface area contributed by atoms with Crippen molar-refractivity contribution in [3.05, 3.63) is 150 Å². The van der Waals surface area contributed by atoms with Crippen LogP contribution in [0.25, 0.3) is 32.7 Å². The van der Waals surface area contributed by atoms with E-state index in [1.54, 1.807) is 12.1 Å². The maximum Gasteiger partial charge on any atom is 0.488 e. The van der Waals surface area contributed by atoms with Crippen LogP contribution < -0.4 is 21.4 Å². The molecule has 272 valence electrons. The van der Waals surface area contributed by atoms with Gasteiger partial charge in [-0.3, -0.25) is 9.69 Å². The maximum absolute atomic E-state index is 13.4. The Balaban J connectivity index is 0.895. The lowest BCUT2D eigenvalue weighted by molar-refractivity contribution is -0.122. The van der Waals surface area contributed by atoms with Gasteiger partial charge < -0.3 is 30.7 Å². The second-order valence-corrected chi connectivity index (χ2v) is 14.2. The maximum atomic E-state index is 13.4. The first-order chi connectivity index (χ1) is 26.4. The van der Waals surface area contributed by atoms with Crippen molar-refractivity contribution in [2.45, 2.75) is 37.5 Å². The van der Waals surface area contributed by atoms with E-state index >= 15 is 0 Å². The fourth-order valence-electron chi connectivity index (χ4n) is 8.20. The summed E-state index contributed by atoms with van der Waals surface area (Å²) in [7, 11) is -1.59. The van der Waals surface area contributed by atoms with E-state index in [0.29, 0.717) is 44.6 Å². The number of ether oxygens (including phenoxy) is 1. The van der Waals surface area contributed by atoms with Gasteiger partial charge in [0, 0.05) is 44.7 Å². The highest BCUT2D eigenvalue weighted by atomic mass is 16.5. The molecule has 1 saturated heterocycles. The Bertz CT molecular complexity index is 2220. The number of carbonyl (C=O) groups is 2. The van der Waals surface area contributed by atoms with E-state index in [-0.39, 0.29) is 24.5 Å². The second kappa shape index (κ2) is 15.8. The van der Waals surface area contributed by atoms with Crippen molar-refractivity contribution in [3.8, 4) is 11.1 Å². The highest BCUT2D eigenvalue weighted by Crippen LogP contribution is 2.44. The molecule has 1 fully saturated rings. The van der Waals surface area contributed by atoms with Gasteiger partial charge in [-0.15, -0.1) is 0 Å². The van der Waals surface area contributed by atoms with Gasteiger partial charge >= 0.3 is 13.2 Å². The van der Waals surface area contributed by atoms with Crippen molar-refractivity contribution >= 4 is 46.1 Å². The average Bonchev–Trinajstić information content (AvgIpc) is 3.79. The molecule has 0 aromatic heterocycles. The summed E-state index contributed by atoms with van der Waals surface area (Å²) in [5, 5.41) is 34.2. The van der Waals surface area contributed by atoms with Crippen molar-refractivity contribution in [3.63, 3.8) is 0 Å². The minimum atomic E-state index is -1.59. The molecule has 1 aliphatic carbocycles. The number of hydrogen-bond donors (Lipinski definition) is 5. The van der Waals surface area contributed by atoms with Crippen LogP contribution in [0.15, 0.2) is 127 Å². The number of rotatable bonds is 12. The molecule has 0 bridgehead atoms. The third-order valence-corrected chi connectivity index (χ3v) is 10.8. The molecule has 9 nitrogen and oxygen atoms in total. The van der Waals surface area contributed by atoms with Crippen molar-refractivity contribution < 1.29 is 24.4 Å². The smallest absolute Gasteiger partial charge is 0.449 e. The first-order valence-corrected chi connectivity index (χ1v) is 18.6. The molecule has 1 aliphatic heterocycles. The molecule has 5 N–H and O–H groups in total. The van der Waals surface area contributed by atoms with Crippen molar-refractivity contribution in [2.24, 2.45) is 0 Å². The molecule has 0 spiro atoms. The van der Waals surface area contributed by atoms with E-state index in [4.69, 9.17) is 4.74 Å². The van der Waals surface area contributed by atoms with Gasteiger partial charge in [-0.1, -0.05) is 121 Å². The van der Waals surface area contributed by atoms with Crippen LogP contribution in [0.2, 0.25) is 0 Å². The molecule has 8 rings (SSSR count). The van der Waals surface area contributed by atoms with Gasteiger partial charge in [-0.25, -0.2) is 4.79 Å². The summed E-state index contributed by atoms with van der Waals surface area (Å²) in [5.74, 6) is -0.155. The number of alkyl carbamates (subject to hydrolysis) is 1. The van der Waals surface area contributed by atoms with Gasteiger partial charge in [0.2, 0.25) is 5.91 Å². The van der Waals surface area contributed by atoms with E-state index in [1.807, 2.05) is 60.7 Å². The zero-order valence-corrected chi connectivity index (χ0v) is 29.9. The summed E-state index contributed by atoms with van der Waals surface area (Å²) >= 11 is 0. The standard InChI is InChI=1S/C44H43BN4O5/c50-43(42-24-32(25-47-42)48-44(51)54-28-40-37-18-8-6-16-35(37)36-17-7-9-19-38(36)40)46-21-22-49(26-31-13-3-10-20-41(31)45(52)53)27-39-33-14-4-1-11-29(33)23-30-12-2-5-15-34(30)39/h1-20,23,32,40,42,47,52-53H,21-22,24-28H2,(H,46,50)(H,48,51)/t32-,42-/m0/s1. The molecule has 2 aliphatic rings. The number of fused-ring (bicyclic) bond motifs is 5. The minimum Gasteiger partial charge on any atom is -0.449 e.